The molecule has 0 aliphatic rings. The minimum absolute atomic E-state index is 0.772. The van der Waals surface area contributed by atoms with Crippen molar-refractivity contribution >= 4 is 5.69 Å². The summed E-state index contributed by atoms with van der Waals surface area (Å²) in [6.45, 7) is 3.99. The Bertz CT molecular complexity index is 342. The van der Waals surface area contributed by atoms with Crippen molar-refractivity contribution in [3.8, 4) is 11.8 Å². The van der Waals surface area contributed by atoms with Gasteiger partial charge in [0, 0.05) is 11.3 Å². The first-order valence-electron chi connectivity index (χ1n) is 4.59. The lowest BCUT2D eigenvalue weighted by molar-refractivity contribution is 0.921. The average Bonchev–Trinajstić information content (AvgIpc) is 2.12. The number of hydrogen-bond acceptors (Lipinski definition) is 1. The van der Waals surface area contributed by atoms with E-state index in [4.69, 9.17) is 5.73 Å². The van der Waals surface area contributed by atoms with Gasteiger partial charge in [-0.25, -0.2) is 0 Å². The van der Waals surface area contributed by atoms with Gasteiger partial charge in [-0.2, -0.15) is 0 Å². The molecule has 0 aliphatic carbocycles. The molecule has 0 aromatic heterocycles. The van der Waals surface area contributed by atoms with Crippen LogP contribution in [0.15, 0.2) is 18.2 Å². The van der Waals surface area contributed by atoms with Crippen molar-refractivity contribution in [1.29, 1.82) is 0 Å². The van der Waals surface area contributed by atoms with Crippen LogP contribution in [0.5, 0.6) is 0 Å². The van der Waals surface area contributed by atoms with Crippen molar-refractivity contribution in [2.24, 2.45) is 0 Å². The van der Waals surface area contributed by atoms with Gasteiger partial charge < -0.3 is 5.73 Å². The summed E-state index contributed by atoms with van der Waals surface area (Å²) in [4.78, 5) is 0. The Kier molecular flexibility index (Phi) is 3.40. The highest BCUT2D eigenvalue weighted by molar-refractivity contribution is 5.57. The predicted octanol–water partition coefficient (Wildman–Crippen LogP) is 2.59. The van der Waals surface area contributed by atoms with E-state index in [1.807, 2.05) is 13.0 Å². The number of anilines is 1. The smallest absolute Gasteiger partial charge is 0.0477 e. The molecule has 0 heterocycles. The van der Waals surface area contributed by atoms with Crippen LogP contribution in [0.3, 0.4) is 0 Å². The lowest BCUT2D eigenvalue weighted by Gasteiger charge is -2.02. The fourth-order valence-electron chi connectivity index (χ4n) is 1.29. The normalized spacial score (nSPS) is 9.08. The summed E-state index contributed by atoms with van der Waals surface area (Å²) in [5.74, 6) is 5.86. The number of nitrogens with two attached hydrogens (primary N) is 1. The molecular formula is C12H15N. The van der Waals surface area contributed by atoms with Gasteiger partial charge in [-0.3, -0.25) is 0 Å². The van der Waals surface area contributed by atoms with Crippen molar-refractivity contribution in [2.75, 3.05) is 5.73 Å². The molecule has 0 fully saturated rings. The predicted molar refractivity (Wildman–Crippen MR) is 57.4 cm³/mol. The van der Waals surface area contributed by atoms with Gasteiger partial charge in [0.1, 0.15) is 0 Å². The summed E-state index contributed by atoms with van der Waals surface area (Å²) in [6, 6.07) is 6.08. The van der Waals surface area contributed by atoms with Crippen molar-refractivity contribution in [3.63, 3.8) is 0 Å². The highest BCUT2D eigenvalue weighted by atomic mass is 14.5. The van der Waals surface area contributed by atoms with Crippen LogP contribution in [0.25, 0.3) is 0 Å². The lowest BCUT2D eigenvalue weighted by Crippen LogP contribution is -1.92. The topological polar surface area (TPSA) is 26.0 Å². The first-order chi connectivity index (χ1) is 6.27. The second-order valence-electron chi connectivity index (χ2n) is 3.05. The molecule has 1 nitrogen and oxygen atoms in total. The van der Waals surface area contributed by atoms with Crippen LogP contribution in [0, 0.1) is 11.8 Å². The molecule has 0 aliphatic heterocycles. The van der Waals surface area contributed by atoms with Crippen LogP contribution in [0.2, 0.25) is 0 Å². The monoisotopic (exact) mass is 173 g/mol. The second-order valence-corrected chi connectivity index (χ2v) is 3.05. The van der Waals surface area contributed by atoms with Crippen molar-refractivity contribution in [1.82, 2.24) is 0 Å². The molecule has 2 N–H and O–H groups in total. The van der Waals surface area contributed by atoms with Crippen LogP contribution in [-0.2, 0) is 6.42 Å². The van der Waals surface area contributed by atoms with Gasteiger partial charge in [0.2, 0.25) is 0 Å². The largest absolute Gasteiger partial charge is 0.398 e. The van der Waals surface area contributed by atoms with Crippen LogP contribution in [0.4, 0.5) is 5.69 Å². The number of benzene rings is 1. The Morgan fingerprint density at radius 2 is 2.15 bits per heavy atom. The number of rotatable bonds is 2. The molecule has 0 unspecified atom stereocenters. The van der Waals surface area contributed by atoms with E-state index >= 15 is 0 Å². The van der Waals surface area contributed by atoms with E-state index in [-0.39, 0.29) is 0 Å². The Morgan fingerprint density at radius 3 is 2.77 bits per heavy atom. The van der Waals surface area contributed by atoms with E-state index in [1.54, 1.807) is 0 Å². The molecule has 0 amide bonds. The van der Waals surface area contributed by atoms with Crippen LogP contribution >= 0.6 is 0 Å². The average molecular weight is 173 g/mol. The zero-order valence-electron chi connectivity index (χ0n) is 8.22. The van der Waals surface area contributed by atoms with Gasteiger partial charge in [-0.15, -0.1) is 5.92 Å². The fraction of sp³-hybridized carbons (Fsp3) is 0.333. The zero-order chi connectivity index (χ0) is 9.68. The van der Waals surface area contributed by atoms with Gasteiger partial charge in [0.15, 0.2) is 0 Å². The zero-order valence-corrected chi connectivity index (χ0v) is 8.22. The first-order valence-corrected chi connectivity index (χ1v) is 4.59. The van der Waals surface area contributed by atoms with Crippen molar-refractivity contribution in [2.45, 2.75) is 26.7 Å². The number of hydrogen-bond donors (Lipinski definition) is 1. The number of nitrogen functional groups attached to an aromatic ring is 1. The molecule has 0 atom stereocenters. The maximum Gasteiger partial charge on any atom is 0.0477 e. The SMILES string of the molecule is CC#Cc1cc(CCC)ccc1N. The molecule has 0 saturated heterocycles. The molecule has 13 heavy (non-hydrogen) atoms. The summed E-state index contributed by atoms with van der Waals surface area (Å²) in [5.41, 5.74) is 8.81. The molecular weight excluding hydrogens is 158 g/mol. The summed E-state index contributed by atoms with van der Waals surface area (Å²) in [7, 11) is 0. The molecule has 0 bridgehead atoms. The molecule has 0 spiro atoms. The minimum atomic E-state index is 0.772. The molecule has 0 radical (unpaired) electrons. The van der Waals surface area contributed by atoms with Crippen LogP contribution in [-0.4, -0.2) is 0 Å². The Balaban J connectivity index is 3.01. The third-order valence-electron chi connectivity index (χ3n) is 1.92. The molecule has 1 heteroatoms. The van der Waals surface area contributed by atoms with E-state index in [2.05, 4.69) is 30.9 Å². The summed E-state index contributed by atoms with van der Waals surface area (Å²) in [5, 5.41) is 0. The van der Waals surface area contributed by atoms with Gasteiger partial charge in [-0.05, 0) is 31.0 Å². The summed E-state index contributed by atoms with van der Waals surface area (Å²) >= 11 is 0. The standard InChI is InChI=1S/C12H15N/c1-3-5-10-7-8-12(13)11(9-10)6-4-2/h7-9H,3,5,13H2,1-2H3. The summed E-state index contributed by atoms with van der Waals surface area (Å²) < 4.78 is 0. The maximum absolute atomic E-state index is 5.77. The minimum Gasteiger partial charge on any atom is -0.398 e. The van der Waals surface area contributed by atoms with E-state index in [0.29, 0.717) is 0 Å². The molecule has 1 aromatic rings. The van der Waals surface area contributed by atoms with E-state index in [1.165, 1.54) is 5.56 Å². The van der Waals surface area contributed by atoms with E-state index < -0.39 is 0 Å². The third kappa shape index (κ3) is 2.52. The van der Waals surface area contributed by atoms with Crippen molar-refractivity contribution < 1.29 is 0 Å². The molecule has 68 valence electrons. The van der Waals surface area contributed by atoms with Gasteiger partial charge in [0.25, 0.3) is 0 Å². The fourth-order valence-corrected chi connectivity index (χ4v) is 1.29. The highest BCUT2D eigenvalue weighted by Crippen LogP contribution is 2.14. The number of aryl methyl sites for hydroxylation is 1. The Labute approximate surface area is 80.0 Å². The van der Waals surface area contributed by atoms with E-state index in [9.17, 15) is 0 Å². The maximum atomic E-state index is 5.77. The summed E-state index contributed by atoms with van der Waals surface area (Å²) in [6.07, 6.45) is 2.25. The Morgan fingerprint density at radius 1 is 1.38 bits per heavy atom. The lowest BCUT2D eigenvalue weighted by atomic mass is 10.1. The van der Waals surface area contributed by atoms with E-state index in [0.717, 1.165) is 24.1 Å². The van der Waals surface area contributed by atoms with Crippen LogP contribution < -0.4 is 5.73 Å². The molecule has 1 rings (SSSR count). The van der Waals surface area contributed by atoms with Gasteiger partial charge in [0.05, 0.1) is 0 Å². The van der Waals surface area contributed by atoms with Crippen molar-refractivity contribution in [3.05, 3.63) is 29.3 Å². The molecule has 1 aromatic carbocycles. The van der Waals surface area contributed by atoms with Crippen LogP contribution in [0.1, 0.15) is 31.4 Å². The van der Waals surface area contributed by atoms with Gasteiger partial charge >= 0.3 is 0 Å². The first kappa shape index (κ1) is 9.67. The highest BCUT2D eigenvalue weighted by Gasteiger charge is 1.97. The quantitative estimate of drug-likeness (QED) is 0.540. The van der Waals surface area contributed by atoms with Gasteiger partial charge in [-0.1, -0.05) is 25.3 Å². The molecule has 0 saturated carbocycles. The third-order valence-corrected chi connectivity index (χ3v) is 1.92. The second kappa shape index (κ2) is 4.57. The Hall–Kier alpha value is -1.42.